The molecule has 0 aliphatic carbocycles. The SMILES string of the molecule is Oc1[nH]c2cc(I)c(O)c(Cl)c2c1-c1ccccc1Cl. The molecule has 102 valence electrons. The molecule has 0 aliphatic rings. The number of phenolic OH excluding ortho intramolecular Hbond substituents is 1. The van der Waals surface area contributed by atoms with Crippen LogP contribution in [-0.4, -0.2) is 15.2 Å². The van der Waals surface area contributed by atoms with Crippen LogP contribution >= 0.6 is 45.8 Å². The zero-order valence-electron chi connectivity index (χ0n) is 9.92. The van der Waals surface area contributed by atoms with Gasteiger partial charge in [-0.05, 0) is 34.7 Å². The molecule has 1 heterocycles. The summed E-state index contributed by atoms with van der Waals surface area (Å²) in [5.74, 6) is -0.0385. The van der Waals surface area contributed by atoms with Gasteiger partial charge in [-0.2, -0.15) is 0 Å². The highest BCUT2D eigenvalue weighted by molar-refractivity contribution is 14.1. The Labute approximate surface area is 138 Å². The van der Waals surface area contributed by atoms with E-state index >= 15 is 0 Å². The number of hydrogen-bond donors (Lipinski definition) is 3. The van der Waals surface area contributed by atoms with E-state index in [1.54, 1.807) is 24.3 Å². The van der Waals surface area contributed by atoms with Gasteiger partial charge in [0.25, 0.3) is 0 Å². The third-order valence-electron chi connectivity index (χ3n) is 3.08. The van der Waals surface area contributed by atoms with Crippen LogP contribution in [0.15, 0.2) is 30.3 Å². The normalized spacial score (nSPS) is 11.2. The number of fused-ring (bicyclic) bond motifs is 1. The number of benzene rings is 2. The number of phenols is 1. The van der Waals surface area contributed by atoms with E-state index in [2.05, 4.69) is 4.98 Å². The summed E-state index contributed by atoms with van der Waals surface area (Å²) in [6.07, 6.45) is 0. The second kappa shape index (κ2) is 5.02. The maximum absolute atomic E-state index is 10.2. The molecule has 3 rings (SSSR count). The highest BCUT2D eigenvalue weighted by Gasteiger charge is 2.20. The lowest BCUT2D eigenvalue weighted by molar-refractivity contribution is 0.460. The second-order valence-electron chi connectivity index (χ2n) is 4.27. The summed E-state index contributed by atoms with van der Waals surface area (Å²) in [7, 11) is 0. The molecule has 0 spiro atoms. The molecule has 3 N–H and O–H groups in total. The lowest BCUT2D eigenvalue weighted by Gasteiger charge is -2.06. The molecule has 0 fully saturated rings. The Morgan fingerprint density at radius 3 is 2.50 bits per heavy atom. The van der Waals surface area contributed by atoms with Gasteiger partial charge in [-0.1, -0.05) is 41.4 Å². The van der Waals surface area contributed by atoms with E-state index in [0.29, 0.717) is 30.6 Å². The van der Waals surface area contributed by atoms with Crippen molar-refractivity contribution in [2.75, 3.05) is 0 Å². The lowest BCUT2D eigenvalue weighted by Crippen LogP contribution is -1.81. The monoisotopic (exact) mass is 419 g/mol. The summed E-state index contributed by atoms with van der Waals surface area (Å²) < 4.78 is 0.604. The molecule has 0 aliphatic heterocycles. The van der Waals surface area contributed by atoms with Crippen molar-refractivity contribution in [1.82, 2.24) is 4.98 Å². The minimum absolute atomic E-state index is 0.00734. The Morgan fingerprint density at radius 2 is 1.80 bits per heavy atom. The highest BCUT2D eigenvalue weighted by Crippen LogP contribution is 2.46. The average Bonchev–Trinajstić information content (AvgIpc) is 2.73. The van der Waals surface area contributed by atoms with Gasteiger partial charge in [0.1, 0.15) is 5.75 Å². The van der Waals surface area contributed by atoms with E-state index in [9.17, 15) is 10.2 Å². The molecule has 3 nitrogen and oxygen atoms in total. The Morgan fingerprint density at radius 1 is 1.10 bits per heavy atom. The van der Waals surface area contributed by atoms with Crippen LogP contribution in [0.25, 0.3) is 22.0 Å². The van der Waals surface area contributed by atoms with Crippen LogP contribution in [0.2, 0.25) is 10.0 Å². The first-order valence-electron chi connectivity index (χ1n) is 5.67. The molecule has 6 heteroatoms. The first kappa shape index (κ1) is 13.9. The van der Waals surface area contributed by atoms with Crippen molar-refractivity contribution in [2.24, 2.45) is 0 Å². The van der Waals surface area contributed by atoms with Gasteiger partial charge in [0, 0.05) is 16.0 Å². The van der Waals surface area contributed by atoms with E-state index in [4.69, 9.17) is 23.2 Å². The molecular formula is C14H8Cl2INO2. The molecule has 2 aromatic carbocycles. The van der Waals surface area contributed by atoms with Gasteiger partial charge in [0.15, 0.2) is 5.88 Å². The number of hydrogen-bond acceptors (Lipinski definition) is 2. The maximum Gasteiger partial charge on any atom is 0.197 e. The molecular weight excluding hydrogens is 412 g/mol. The molecule has 1 aromatic heterocycles. The molecule has 0 saturated carbocycles. The fourth-order valence-corrected chi connectivity index (χ4v) is 3.46. The molecule has 0 atom stereocenters. The summed E-state index contributed by atoms with van der Waals surface area (Å²) in [5.41, 5.74) is 1.78. The van der Waals surface area contributed by atoms with Gasteiger partial charge < -0.3 is 15.2 Å². The van der Waals surface area contributed by atoms with Gasteiger partial charge in [-0.15, -0.1) is 0 Å². The minimum atomic E-state index is -0.0311. The Kier molecular flexibility index (Phi) is 3.48. The van der Waals surface area contributed by atoms with Crippen molar-refractivity contribution in [1.29, 1.82) is 0 Å². The van der Waals surface area contributed by atoms with Crippen molar-refractivity contribution in [3.63, 3.8) is 0 Å². The van der Waals surface area contributed by atoms with Gasteiger partial charge in [-0.3, -0.25) is 0 Å². The Hall–Kier alpha value is -1.11. The van der Waals surface area contributed by atoms with Gasteiger partial charge in [0.2, 0.25) is 0 Å². The molecule has 0 saturated heterocycles. The molecule has 0 amide bonds. The standard InChI is InChI=1S/C14H8Cl2INO2/c15-7-4-2-1-3-6(7)10-11-9(18-14(10)20)5-8(17)13(19)12(11)16/h1-5,18-20H. The van der Waals surface area contributed by atoms with Crippen LogP contribution < -0.4 is 0 Å². The Balaban J connectivity index is 2.46. The van der Waals surface area contributed by atoms with Crippen LogP contribution in [0.5, 0.6) is 11.6 Å². The van der Waals surface area contributed by atoms with Crippen molar-refractivity contribution in [2.45, 2.75) is 0 Å². The van der Waals surface area contributed by atoms with Crippen molar-refractivity contribution >= 4 is 56.7 Å². The van der Waals surface area contributed by atoms with Crippen molar-refractivity contribution in [3.05, 3.63) is 43.9 Å². The van der Waals surface area contributed by atoms with Crippen LogP contribution in [0, 0.1) is 3.57 Å². The number of rotatable bonds is 1. The van der Waals surface area contributed by atoms with Gasteiger partial charge >= 0.3 is 0 Å². The van der Waals surface area contributed by atoms with Crippen LogP contribution in [0.1, 0.15) is 0 Å². The number of aromatic amines is 1. The number of halogens is 3. The molecule has 0 radical (unpaired) electrons. The predicted molar refractivity (Wildman–Crippen MR) is 89.8 cm³/mol. The molecule has 20 heavy (non-hydrogen) atoms. The third-order valence-corrected chi connectivity index (χ3v) is 4.60. The number of aromatic hydroxyl groups is 2. The summed E-state index contributed by atoms with van der Waals surface area (Å²) in [4.78, 5) is 2.86. The zero-order chi connectivity index (χ0) is 14.4. The summed E-state index contributed by atoms with van der Waals surface area (Å²) in [5, 5.41) is 21.4. The lowest BCUT2D eigenvalue weighted by atomic mass is 10.0. The largest absolute Gasteiger partial charge is 0.505 e. The van der Waals surface area contributed by atoms with E-state index < -0.39 is 0 Å². The van der Waals surface area contributed by atoms with Crippen molar-refractivity contribution in [3.8, 4) is 22.8 Å². The van der Waals surface area contributed by atoms with E-state index in [1.165, 1.54) is 0 Å². The highest BCUT2D eigenvalue weighted by atomic mass is 127. The molecule has 3 aromatic rings. The van der Waals surface area contributed by atoms with Crippen LogP contribution in [-0.2, 0) is 0 Å². The zero-order valence-corrected chi connectivity index (χ0v) is 13.6. The fourth-order valence-electron chi connectivity index (χ4n) is 2.19. The fraction of sp³-hybridized carbons (Fsp3) is 0. The molecule has 0 unspecified atom stereocenters. The first-order valence-corrected chi connectivity index (χ1v) is 7.50. The van der Waals surface area contributed by atoms with E-state index in [-0.39, 0.29) is 16.7 Å². The second-order valence-corrected chi connectivity index (χ2v) is 6.22. The first-order chi connectivity index (χ1) is 9.50. The number of aromatic nitrogens is 1. The topological polar surface area (TPSA) is 56.2 Å². The van der Waals surface area contributed by atoms with Gasteiger partial charge in [0.05, 0.1) is 19.7 Å². The van der Waals surface area contributed by atoms with E-state index in [0.717, 1.165) is 0 Å². The summed E-state index contributed by atoms with van der Waals surface area (Å²) in [6.45, 7) is 0. The summed E-state index contributed by atoms with van der Waals surface area (Å²) >= 11 is 14.4. The quantitative estimate of drug-likeness (QED) is 0.477. The number of H-pyrrole nitrogens is 1. The molecule has 0 bridgehead atoms. The van der Waals surface area contributed by atoms with Crippen molar-refractivity contribution < 1.29 is 10.2 Å². The van der Waals surface area contributed by atoms with E-state index in [1.807, 2.05) is 28.7 Å². The third kappa shape index (κ3) is 2.03. The van der Waals surface area contributed by atoms with Crippen LogP contribution in [0.4, 0.5) is 0 Å². The number of nitrogens with one attached hydrogen (secondary N) is 1. The predicted octanol–water partition coefficient (Wildman–Crippen LogP) is 5.16. The minimum Gasteiger partial charge on any atom is -0.505 e. The maximum atomic E-state index is 10.2. The smallest absolute Gasteiger partial charge is 0.197 e. The van der Waals surface area contributed by atoms with Crippen LogP contribution in [0.3, 0.4) is 0 Å². The average molecular weight is 420 g/mol. The summed E-state index contributed by atoms with van der Waals surface area (Å²) in [6, 6.07) is 8.86. The van der Waals surface area contributed by atoms with Gasteiger partial charge in [-0.25, -0.2) is 0 Å². The Bertz CT molecular complexity index is 830.